The van der Waals surface area contributed by atoms with Gasteiger partial charge in [-0.3, -0.25) is 57.5 Å². The highest BCUT2D eigenvalue weighted by Crippen LogP contribution is 2.05. The molecular weight excluding hydrogens is 1280 g/mol. The van der Waals surface area contributed by atoms with Gasteiger partial charge in [0.15, 0.2) is 0 Å². The first-order valence-corrected chi connectivity index (χ1v) is 37.8. The minimum absolute atomic E-state index is 0.0611. The molecule has 100 heavy (non-hydrogen) atoms. The van der Waals surface area contributed by atoms with Crippen molar-refractivity contribution >= 4 is 70.9 Å². The summed E-state index contributed by atoms with van der Waals surface area (Å²) >= 11 is 0. The number of hydrogen-bond acceptors (Lipinski definition) is 18. The predicted molar refractivity (Wildman–Crippen MR) is 392 cm³/mol. The van der Waals surface area contributed by atoms with Crippen LogP contribution >= 0.6 is 0 Å². The Morgan fingerprint density at radius 1 is 0.150 bits per heavy atom. The van der Waals surface area contributed by atoms with Gasteiger partial charge in [-0.1, -0.05) is 55.4 Å². The number of carbonyl (C=O) groups excluding carboxylic acids is 12. The van der Waals surface area contributed by atoms with Crippen LogP contribution in [0.3, 0.4) is 0 Å². The second kappa shape index (κ2) is 64.5. The normalized spacial score (nSPS) is 11.2. The van der Waals surface area contributed by atoms with Crippen molar-refractivity contribution in [3.05, 3.63) is 0 Å². The molecule has 0 radical (unpaired) electrons. The molecule has 0 atom stereocenters. The molecule has 12 amide bonds. The Morgan fingerprint density at radius 2 is 0.250 bits per heavy atom. The highest BCUT2D eigenvalue weighted by molar-refractivity contribution is 5.80. The number of nitrogens with zero attached hydrogens (tertiary/aromatic N) is 6. The highest BCUT2D eigenvalue weighted by Gasteiger charge is 2.20. The Hall–Kier alpha value is -6.60. The number of hydrogen-bond donors (Lipinski definition) is 12. The first kappa shape index (κ1) is 93.4. The van der Waals surface area contributed by atoms with E-state index in [4.69, 9.17) is 0 Å². The van der Waals surface area contributed by atoms with E-state index in [0.29, 0.717) is 144 Å². The van der Waals surface area contributed by atoms with Gasteiger partial charge in [0.2, 0.25) is 70.9 Å². The molecule has 12 N–H and O–H groups in total. The van der Waals surface area contributed by atoms with E-state index in [2.05, 4.69) is 63.8 Å². The zero-order valence-electron chi connectivity index (χ0n) is 62.9. The first-order valence-electron chi connectivity index (χ1n) is 37.8. The van der Waals surface area contributed by atoms with E-state index < -0.39 is 0 Å². The summed E-state index contributed by atoms with van der Waals surface area (Å²) in [7, 11) is 0. The molecule has 0 unspecified atom stereocenters. The smallest absolute Gasteiger partial charge is 0.221 e. The van der Waals surface area contributed by atoms with Crippen LogP contribution in [0.1, 0.15) is 184 Å². The lowest BCUT2D eigenvalue weighted by molar-refractivity contribution is -0.123. The van der Waals surface area contributed by atoms with E-state index in [9.17, 15) is 57.5 Å². The maximum atomic E-state index is 13.7. The van der Waals surface area contributed by atoms with E-state index in [1.54, 1.807) is 0 Å². The van der Waals surface area contributed by atoms with E-state index in [-0.39, 0.29) is 200 Å². The molecule has 0 rings (SSSR count). The monoisotopic (exact) mass is 1420 g/mol. The summed E-state index contributed by atoms with van der Waals surface area (Å²) in [5.74, 6) is -1.74. The molecule has 30 nitrogen and oxygen atoms in total. The van der Waals surface area contributed by atoms with Crippen molar-refractivity contribution in [3.8, 4) is 0 Å². The molecule has 0 aliphatic carbocycles. The van der Waals surface area contributed by atoms with Crippen molar-refractivity contribution in [2.75, 3.05) is 196 Å². The Bertz CT molecular complexity index is 1880. The van der Waals surface area contributed by atoms with Crippen molar-refractivity contribution in [1.82, 2.24) is 93.2 Å². The predicted octanol–water partition coefficient (Wildman–Crippen LogP) is 0.154. The average molecular weight is 1420 g/mol. The van der Waals surface area contributed by atoms with Gasteiger partial charge in [0.25, 0.3) is 0 Å². The molecule has 0 aromatic carbocycles. The van der Waals surface area contributed by atoms with Gasteiger partial charge in [-0.2, -0.15) is 0 Å². The van der Waals surface area contributed by atoms with Crippen LogP contribution in [0.15, 0.2) is 0 Å². The summed E-state index contributed by atoms with van der Waals surface area (Å²) < 4.78 is 0. The van der Waals surface area contributed by atoms with E-state index >= 15 is 0 Å². The first-order chi connectivity index (χ1) is 48.2. The topological polar surface area (TPSA) is 369 Å². The van der Waals surface area contributed by atoms with E-state index in [1.165, 1.54) is 0 Å². The fraction of sp³-hybridized carbons (Fsp3) is 0.829. The van der Waals surface area contributed by atoms with Gasteiger partial charge in [0, 0.05) is 273 Å². The molecule has 0 saturated carbocycles. The largest absolute Gasteiger partial charge is 0.356 e. The van der Waals surface area contributed by atoms with Crippen molar-refractivity contribution in [2.24, 2.45) is 0 Å². The van der Waals surface area contributed by atoms with Crippen LogP contribution in [0.25, 0.3) is 0 Å². The molecule has 30 heteroatoms. The quantitative estimate of drug-likeness (QED) is 0.0386. The molecule has 578 valence electrons. The van der Waals surface area contributed by atoms with Crippen LogP contribution in [0, 0.1) is 0 Å². The molecule has 0 aromatic heterocycles. The van der Waals surface area contributed by atoms with Crippen molar-refractivity contribution < 1.29 is 57.5 Å². The average Bonchev–Trinajstić information content (AvgIpc) is 1.08. The molecular formula is C70H136N18O12. The maximum Gasteiger partial charge on any atom is 0.221 e. The van der Waals surface area contributed by atoms with E-state index in [1.807, 2.05) is 84.8 Å². The van der Waals surface area contributed by atoms with Gasteiger partial charge in [0.05, 0.1) is 0 Å². The molecule has 0 spiro atoms. The molecule has 0 aromatic rings. The van der Waals surface area contributed by atoms with Crippen LogP contribution in [0.2, 0.25) is 0 Å². The Kier molecular flexibility index (Phi) is 60.2. The fourth-order valence-electron chi connectivity index (χ4n) is 10.0. The molecule has 0 fully saturated rings. The van der Waals surface area contributed by atoms with Crippen LogP contribution in [-0.4, -0.2) is 297 Å². The molecule has 0 saturated heterocycles. The minimum Gasteiger partial charge on any atom is -0.356 e. The number of rotatable bonds is 67. The standard InChI is InChI=1S/C70H136N18O12/c1-9-29-71-59(89)17-41-83(42-18-60(90)72-30-10-2)53-37-79-67(97)25-49-87(50-26-68(98)80-38-54-84(43-19-61(91)73-31-11-3)44-20-62(92)74-32-12-4)57-58-88(51-27-69(99)81-39-55-85(45-21-63(93)75-33-13-5)46-22-64(94)76-34-14-6)52-28-70(100)82-40-56-86(47-23-65(95)77-35-15-7)48-24-66(96)78-36-16-8/h9-58H2,1-8H3,(H,71,89)(H,72,90)(H,73,91)(H,74,92)(H,75,93)(H,76,94)(H,77,95)(H,78,96)(H,79,97)(H,80,98)(H,81,99)(H,82,100). The lowest BCUT2D eigenvalue weighted by atomic mass is 10.2. The van der Waals surface area contributed by atoms with Crippen LogP contribution in [0.5, 0.6) is 0 Å². The van der Waals surface area contributed by atoms with Crippen molar-refractivity contribution in [2.45, 2.75) is 184 Å². The summed E-state index contributed by atoms with van der Waals surface area (Å²) in [6, 6.07) is 0. The van der Waals surface area contributed by atoms with Gasteiger partial charge in [-0.05, 0) is 51.4 Å². The molecule has 0 heterocycles. The molecule has 0 bridgehead atoms. The SMILES string of the molecule is CCCNC(=O)CCN(CCNC(=O)CCN(CCC(=O)NCCN(CCC(=O)NCCC)CCC(=O)NCCC)CCN(CCC(=O)NCCN(CCC(=O)NCCC)CCC(=O)NCCC)CCC(=O)NCCN(CCC(=O)NCCC)CCC(=O)NCCC)CCC(=O)NCCC. The Morgan fingerprint density at radius 3 is 0.360 bits per heavy atom. The minimum atomic E-state index is -0.246. The highest BCUT2D eigenvalue weighted by atomic mass is 16.2. The lowest BCUT2D eigenvalue weighted by Gasteiger charge is -2.28. The van der Waals surface area contributed by atoms with Gasteiger partial charge >= 0.3 is 0 Å². The van der Waals surface area contributed by atoms with Crippen molar-refractivity contribution in [3.63, 3.8) is 0 Å². The van der Waals surface area contributed by atoms with Gasteiger partial charge in [-0.25, -0.2) is 0 Å². The summed E-state index contributed by atoms with van der Waals surface area (Å²) in [4.78, 5) is 167. The molecule has 0 aliphatic heterocycles. The van der Waals surface area contributed by atoms with Gasteiger partial charge in [-0.15, -0.1) is 0 Å². The second-order valence-electron chi connectivity index (χ2n) is 25.2. The summed E-state index contributed by atoms with van der Waals surface area (Å²) in [6.45, 7) is 27.7. The van der Waals surface area contributed by atoms with Crippen LogP contribution in [-0.2, 0) is 57.5 Å². The summed E-state index contributed by atoms with van der Waals surface area (Å²) in [5, 5.41) is 35.2. The summed E-state index contributed by atoms with van der Waals surface area (Å²) in [6.07, 6.45) is 8.50. The number of nitrogens with one attached hydrogen (secondary N) is 12. The Balaban J connectivity index is 6.81. The zero-order chi connectivity index (χ0) is 74.2. The molecule has 0 aliphatic rings. The number of amides is 12. The number of carbonyl (C=O) groups is 12. The third-order valence-corrected chi connectivity index (χ3v) is 16.2. The van der Waals surface area contributed by atoms with Gasteiger partial charge < -0.3 is 93.2 Å². The van der Waals surface area contributed by atoms with Crippen molar-refractivity contribution in [1.29, 1.82) is 0 Å². The van der Waals surface area contributed by atoms with Crippen LogP contribution in [0.4, 0.5) is 0 Å². The third-order valence-electron chi connectivity index (χ3n) is 16.2. The Labute approximate surface area is 599 Å². The third kappa shape index (κ3) is 57.1. The lowest BCUT2D eigenvalue weighted by Crippen LogP contribution is -2.43. The van der Waals surface area contributed by atoms with E-state index in [0.717, 1.165) is 51.4 Å². The zero-order valence-corrected chi connectivity index (χ0v) is 62.9. The summed E-state index contributed by atoms with van der Waals surface area (Å²) in [5.41, 5.74) is 0. The van der Waals surface area contributed by atoms with Crippen LogP contribution < -0.4 is 63.8 Å². The second-order valence-corrected chi connectivity index (χ2v) is 25.2. The maximum absolute atomic E-state index is 13.7. The van der Waals surface area contributed by atoms with Gasteiger partial charge in [0.1, 0.15) is 0 Å². The fourth-order valence-corrected chi connectivity index (χ4v) is 10.0.